The Labute approximate surface area is 107 Å². The van der Waals surface area contributed by atoms with Crippen LogP contribution >= 0.6 is 0 Å². The number of hydrogen-bond donors (Lipinski definition) is 1. The molecule has 0 atom stereocenters. The van der Waals surface area contributed by atoms with Crippen LogP contribution in [0, 0.1) is 6.92 Å². The highest BCUT2D eigenvalue weighted by molar-refractivity contribution is 5.90. The number of aromatic nitrogens is 1. The Bertz CT molecular complexity index is 542. The lowest BCUT2D eigenvalue weighted by Gasteiger charge is -2.24. The average molecular weight is 242 g/mol. The van der Waals surface area contributed by atoms with E-state index in [2.05, 4.69) is 29.4 Å². The van der Waals surface area contributed by atoms with Crippen molar-refractivity contribution >= 4 is 10.8 Å². The molecule has 3 heteroatoms. The molecule has 1 aromatic carbocycles. The summed E-state index contributed by atoms with van der Waals surface area (Å²) >= 11 is 0. The number of hydrogen-bond acceptors (Lipinski definition) is 3. The molecule has 1 fully saturated rings. The number of benzene rings is 1. The molecule has 1 aliphatic rings. The second-order valence-electron chi connectivity index (χ2n) is 4.88. The Kier molecular flexibility index (Phi) is 3.15. The van der Waals surface area contributed by atoms with Gasteiger partial charge in [-0.15, -0.1) is 0 Å². The minimum absolute atomic E-state index is 0.337. The van der Waals surface area contributed by atoms with Crippen LogP contribution in [0.5, 0.6) is 5.75 Å². The fraction of sp³-hybridized carbons (Fsp3) is 0.400. The molecule has 0 unspecified atom stereocenters. The van der Waals surface area contributed by atoms with Crippen LogP contribution in [-0.4, -0.2) is 24.2 Å². The van der Waals surface area contributed by atoms with Crippen molar-refractivity contribution in [2.45, 2.75) is 25.9 Å². The van der Waals surface area contributed by atoms with E-state index in [-0.39, 0.29) is 0 Å². The monoisotopic (exact) mass is 242 g/mol. The first kappa shape index (κ1) is 11.5. The zero-order valence-corrected chi connectivity index (χ0v) is 10.6. The largest absolute Gasteiger partial charge is 0.490 e. The normalized spacial score (nSPS) is 16.9. The van der Waals surface area contributed by atoms with Crippen LogP contribution < -0.4 is 10.1 Å². The van der Waals surface area contributed by atoms with E-state index < -0.39 is 0 Å². The SMILES string of the molecule is Cc1cncc2cccc(OC3CCNCC3)c12. The van der Waals surface area contributed by atoms with Crippen LogP contribution in [0.15, 0.2) is 30.6 Å². The summed E-state index contributed by atoms with van der Waals surface area (Å²) in [7, 11) is 0. The predicted octanol–water partition coefficient (Wildman–Crippen LogP) is 2.67. The van der Waals surface area contributed by atoms with Gasteiger partial charge in [0.2, 0.25) is 0 Å². The molecule has 1 N–H and O–H groups in total. The van der Waals surface area contributed by atoms with E-state index >= 15 is 0 Å². The summed E-state index contributed by atoms with van der Waals surface area (Å²) in [5.74, 6) is 0.999. The second-order valence-corrected chi connectivity index (χ2v) is 4.88. The molecule has 1 aliphatic heterocycles. The van der Waals surface area contributed by atoms with Crippen molar-refractivity contribution < 1.29 is 4.74 Å². The topological polar surface area (TPSA) is 34.1 Å². The third-order valence-corrected chi connectivity index (χ3v) is 3.51. The summed E-state index contributed by atoms with van der Waals surface area (Å²) < 4.78 is 6.18. The first-order chi connectivity index (χ1) is 8.84. The van der Waals surface area contributed by atoms with Crippen molar-refractivity contribution in [1.29, 1.82) is 0 Å². The third kappa shape index (κ3) is 2.18. The molecule has 3 nitrogen and oxygen atoms in total. The molecule has 2 aromatic rings. The van der Waals surface area contributed by atoms with Crippen molar-refractivity contribution in [3.63, 3.8) is 0 Å². The number of ether oxygens (including phenoxy) is 1. The van der Waals surface area contributed by atoms with E-state index in [0.717, 1.165) is 37.1 Å². The van der Waals surface area contributed by atoms with Crippen LogP contribution in [0.2, 0.25) is 0 Å². The Morgan fingerprint density at radius 1 is 1.22 bits per heavy atom. The van der Waals surface area contributed by atoms with E-state index in [4.69, 9.17) is 4.74 Å². The highest BCUT2D eigenvalue weighted by Gasteiger charge is 2.16. The van der Waals surface area contributed by atoms with Crippen molar-refractivity contribution in [3.05, 3.63) is 36.2 Å². The van der Waals surface area contributed by atoms with Gasteiger partial charge in [0.25, 0.3) is 0 Å². The molecule has 0 radical (unpaired) electrons. The average Bonchev–Trinajstić information content (AvgIpc) is 2.40. The van der Waals surface area contributed by atoms with Crippen molar-refractivity contribution in [3.8, 4) is 5.75 Å². The maximum Gasteiger partial charge on any atom is 0.127 e. The molecule has 1 aromatic heterocycles. The number of rotatable bonds is 2. The first-order valence-electron chi connectivity index (χ1n) is 6.55. The van der Waals surface area contributed by atoms with E-state index in [0.29, 0.717) is 6.10 Å². The Hall–Kier alpha value is -1.61. The van der Waals surface area contributed by atoms with Gasteiger partial charge in [0.1, 0.15) is 11.9 Å². The lowest BCUT2D eigenvalue weighted by Crippen LogP contribution is -2.34. The highest BCUT2D eigenvalue weighted by Crippen LogP contribution is 2.29. The summed E-state index contributed by atoms with van der Waals surface area (Å²) in [6.45, 7) is 4.19. The minimum atomic E-state index is 0.337. The maximum atomic E-state index is 6.18. The molecule has 0 spiro atoms. The molecule has 1 saturated heterocycles. The zero-order valence-electron chi connectivity index (χ0n) is 10.6. The molecule has 3 rings (SSSR count). The lowest BCUT2D eigenvalue weighted by atomic mass is 10.1. The van der Waals surface area contributed by atoms with Gasteiger partial charge in [0.15, 0.2) is 0 Å². The minimum Gasteiger partial charge on any atom is -0.490 e. The fourth-order valence-electron chi connectivity index (χ4n) is 2.56. The lowest BCUT2D eigenvalue weighted by molar-refractivity contribution is 0.164. The molecule has 0 aliphatic carbocycles. The van der Waals surface area contributed by atoms with Crippen LogP contribution in [0.4, 0.5) is 0 Å². The molecule has 94 valence electrons. The maximum absolute atomic E-state index is 6.18. The van der Waals surface area contributed by atoms with E-state index in [1.807, 2.05) is 18.5 Å². The quantitative estimate of drug-likeness (QED) is 0.879. The van der Waals surface area contributed by atoms with Crippen LogP contribution in [0.25, 0.3) is 10.8 Å². The van der Waals surface area contributed by atoms with Gasteiger partial charge >= 0.3 is 0 Å². The molecule has 18 heavy (non-hydrogen) atoms. The third-order valence-electron chi connectivity index (χ3n) is 3.51. The van der Waals surface area contributed by atoms with E-state index in [1.54, 1.807) is 0 Å². The summed E-state index contributed by atoms with van der Waals surface area (Å²) in [5.41, 5.74) is 1.18. The second kappa shape index (κ2) is 4.94. The van der Waals surface area contributed by atoms with Gasteiger partial charge in [0, 0.05) is 23.2 Å². The molecule has 2 heterocycles. The Morgan fingerprint density at radius 3 is 2.89 bits per heavy atom. The molecule has 0 amide bonds. The molecule has 0 saturated carbocycles. The van der Waals surface area contributed by atoms with Crippen LogP contribution in [0.3, 0.4) is 0 Å². The number of aryl methyl sites for hydroxylation is 1. The van der Waals surface area contributed by atoms with Gasteiger partial charge < -0.3 is 10.1 Å². The van der Waals surface area contributed by atoms with E-state index in [1.165, 1.54) is 10.9 Å². The smallest absolute Gasteiger partial charge is 0.127 e. The van der Waals surface area contributed by atoms with Gasteiger partial charge in [-0.05, 0) is 44.5 Å². The molecular weight excluding hydrogens is 224 g/mol. The van der Waals surface area contributed by atoms with Gasteiger partial charge in [-0.3, -0.25) is 4.98 Å². The Balaban J connectivity index is 1.95. The van der Waals surface area contributed by atoms with Crippen LogP contribution in [0.1, 0.15) is 18.4 Å². The fourth-order valence-corrected chi connectivity index (χ4v) is 2.56. The number of nitrogens with one attached hydrogen (secondary N) is 1. The summed E-state index contributed by atoms with van der Waals surface area (Å²) in [6.07, 6.45) is 6.31. The summed E-state index contributed by atoms with van der Waals surface area (Å²) in [5, 5.41) is 5.71. The van der Waals surface area contributed by atoms with Gasteiger partial charge in [-0.2, -0.15) is 0 Å². The molecular formula is C15H18N2O. The standard InChI is InChI=1S/C15H18N2O/c1-11-9-17-10-12-3-2-4-14(15(11)12)18-13-5-7-16-8-6-13/h2-4,9-10,13,16H,5-8H2,1H3. The Morgan fingerprint density at radius 2 is 2.06 bits per heavy atom. The highest BCUT2D eigenvalue weighted by atomic mass is 16.5. The van der Waals surface area contributed by atoms with Crippen molar-refractivity contribution in [2.75, 3.05) is 13.1 Å². The number of piperidine rings is 1. The predicted molar refractivity (Wildman–Crippen MR) is 73.0 cm³/mol. The summed E-state index contributed by atoms with van der Waals surface area (Å²) in [4.78, 5) is 4.23. The number of fused-ring (bicyclic) bond motifs is 1. The van der Waals surface area contributed by atoms with Gasteiger partial charge in [-0.1, -0.05) is 12.1 Å². The number of nitrogens with zero attached hydrogens (tertiary/aromatic N) is 1. The zero-order chi connectivity index (χ0) is 12.4. The number of pyridine rings is 1. The first-order valence-corrected chi connectivity index (χ1v) is 6.55. The van der Waals surface area contributed by atoms with Crippen LogP contribution in [-0.2, 0) is 0 Å². The van der Waals surface area contributed by atoms with Gasteiger partial charge in [0.05, 0.1) is 0 Å². The van der Waals surface area contributed by atoms with Crippen molar-refractivity contribution in [1.82, 2.24) is 10.3 Å². The molecule has 0 bridgehead atoms. The summed E-state index contributed by atoms with van der Waals surface area (Å²) in [6, 6.07) is 6.20. The van der Waals surface area contributed by atoms with E-state index in [9.17, 15) is 0 Å². The van der Waals surface area contributed by atoms with Crippen molar-refractivity contribution in [2.24, 2.45) is 0 Å². The van der Waals surface area contributed by atoms with Gasteiger partial charge in [-0.25, -0.2) is 0 Å².